The zero-order valence-electron chi connectivity index (χ0n) is 14.0. The Hall–Kier alpha value is -0.120. The first-order valence-corrected chi connectivity index (χ1v) is 7.34. The van der Waals surface area contributed by atoms with E-state index < -0.39 is 0 Å². The maximum atomic E-state index is 6.12. The SMILES string of the molecule is CC(C)(C)OC[C@H]1CC(C)(C)O[C@@H]1COC(C)(C)C. The molecule has 1 aliphatic rings. The quantitative estimate of drug-likeness (QED) is 0.779. The molecule has 1 saturated heterocycles. The molecule has 3 heteroatoms. The summed E-state index contributed by atoms with van der Waals surface area (Å²) in [5.41, 5.74) is -0.286. The number of hydrogen-bond acceptors (Lipinski definition) is 3. The maximum Gasteiger partial charge on any atom is 0.0867 e. The van der Waals surface area contributed by atoms with Gasteiger partial charge in [-0.05, 0) is 61.8 Å². The van der Waals surface area contributed by atoms with Crippen LogP contribution in [0.25, 0.3) is 0 Å². The Kier molecular flexibility index (Phi) is 5.09. The van der Waals surface area contributed by atoms with Crippen molar-refractivity contribution in [2.45, 2.75) is 84.7 Å². The molecule has 1 fully saturated rings. The van der Waals surface area contributed by atoms with Crippen LogP contribution < -0.4 is 0 Å². The molecule has 2 atom stereocenters. The van der Waals surface area contributed by atoms with Crippen LogP contribution in [0.3, 0.4) is 0 Å². The molecule has 19 heavy (non-hydrogen) atoms. The van der Waals surface area contributed by atoms with E-state index in [-0.39, 0.29) is 22.9 Å². The summed E-state index contributed by atoms with van der Waals surface area (Å²) in [4.78, 5) is 0. The molecule has 0 N–H and O–H groups in total. The van der Waals surface area contributed by atoms with Gasteiger partial charge in [-0.1, -0.05) is 0 Å². The third-order valence-electron chi connectivity index (χ3n) is 3.16. The molecule has 1 heterocycles. The summed E-state index contributed by atoms with van der Waals surface area (Å²) in [6.07, 6.45) is 1.16. The second kappa shape index (κ2) is 5.71. The molecule has 0 aromatic rings. The molecule has 0 bridgehead atoms. The molecule has 0 amide bonds. The Balaban J connectivity index is 2.55. The lowest BCUT2D eigenvalue weighted by atomic mass is 9.95. The van der Waals surface area contributed by atoms with Crippen LogP contribution in [0.15, 0.2) is 0 Å². The van der Waals surface area contributed by atoms with Crippen molar-refractivity contribution in [2.24, 2.45) is 5.92 Å². The number of hydrogen-bond donors (Lipinski definition) is 0. The van der Waals surface area contributed by atoms with Crippen molar-refractivity contribution in [3.63, 3.8) is 0 Å². The van der Waals surface area contributed by atoms with E-state index in [4.69, 9.17) is 14.2 Å². The molecule has 1 rings (SSSR count). The summed E-state index contributed by atoms with van der Waals surface area (Å²) in [5, 5.41) is 0. The Morgan fingerprint density at radius 2 is 1.42 bits per heavy atom. The molecule has 3 nitrogen and oxygen atoms in total. The van der Waals surface area contributed by atoms with E-state index in [1.165, 1.54) is 0 Å². The molecular weight excluding hydrogens is 240 g/mol. The van der Waals surface area contributed by atoms with Crippen LogP contribution in [0.2, 0.25) is 0 Å². The zero-order chi connectivity index (χ0) is 14.9. The van der Waals surface area contributed by atoms with Gasteiger partial charge in [-0.3, -0.25) is 0 Å². The van der Waals surface area contributed by atoms with E-state index in [2.05, 4.69) is 55.4 Å². The van der Waals surface area contributed by atoms with E-state index in [1.54, 1.807) is 0 Å². The highest BCUT2D eigenvalue weighted by atomic mass is 16.6. The van der Waals surface area contributed by atoms with Crippen LogP contribution in [0.1, 0.15) is 61.8 Å². The molecule has 0 aliphatic carbocycles. The molecule has 0 aromatic carbocycles. The van der Waals surface area contributed by atoms with Crippen molar-refractivity contribution < 1.29 is 14.2 Å². The lowest BCUT2D eigenvalue weighted by Crippen LogP contribution is -2.33. The topological polar surface area (TPSA) is 27.7 Å². The average molecular weight is 272 g/mol. The molecule has 0 spiro atoms. The van der Waals surface area contributed by atoms with Gasteiger partial charge in [0.05, 0.1) is 36.1 Å². The summed E-state index contributed by atoms with van der Waals surface area (Å²) in [5.74, 6) is 0.413. The number of ether oxygens (including phenoxy) is 3. The molecule has 114 valence electrons. The van der Waals surface area contributed by atoms with Gasteiger partial charge >= 0.3 is 0 Å². The minimum absolute atomic E-state index is 0.0716. The molecule has 0 aromatic heterocycles. The Morgan fingerprint density at radius 3 is 1.89 bits per heavy atom. The van der Waals surface area contributed by atoms with Gasteiger partial charge in [0.2, 0.25) is 0 Å². The van der Waals surface area contributed by atoms with Crippen molar-refractivity contribution in [3.8, 4) is 0 Å². The van der Waals surface area contributed by atoms with E-state index in [9.17, 15) is 0 Å². The zero-order valence-corrected chi connectivity index (χ0v) is 14.0. The van der Waals surface area contributed by atoms with Gasteiger partial charge in [-0.15, -0.1) is 0 Å². The lowest BCUT2D eigenvalue weighted by molar-refractivity contribution is -0.107. The van der Waals surface area contributed by atoms with Crippen LogP contribution in [0.4, 0.5) is 0 Å². The second-order valence-electron chi connectivity index (χ2n) is 8.23. The first-order chi connectivity index (χ1) is 8.38. The fourth-order valence-corrected chi connectivity index (χ4v) is 2.34. The van der Waals surface area contributed by atoms with E-state index in [0.717, 1.165) is 13.0 Å². The van der Waals surface area contributed by atoms with Crippen molar-refractivity contribution in [1.82, 2.24) is 0 Å². The maximum absolute atomic E-state index is 6.12. The first-order valence-electron chi connectivity index (χ1n) is 7.34. The third-order valence-corrected chi connectivity index (χ3v) is 3.16. The molecular formula is C16H32O3. The van der Waals surface area contributed by atoms with Crippen molar-refractivity contribution in [1.29, 1.82) is 0 Å². The minimum atomic E-state index is -0.120. The summed E-state index contributed by atoms with van der Waals surface area (Å²) < 4.78 is 17.9. The Labute approximate surface area is 119 Å². The van der Waals surface area contributed by atoms with Crippen molar-refractivity contribution in [3.05, 3.63) is 0 Å². The van der Waals surface area contributed by atoms with Crippen molar-refractivity contribution >= 4 is 0 Å². The van der Waals surface area contributed by atoms with Gasteiger partial charge < -0.3 is 14.2 Å². The summed E-state index contributed by atoms with van der Waals surface area (Å²) >= 11 is 0. The molecule has 1 aliphatic heterocycles. The molecule has 0 radical (unpaired) electrons. The van der Waals surface area contributed by atoms with E-state index in [1.807, 2.05) is 0 Å². The van der Waals surface area contributed by atoms with Gasteiger partial charge in [-0.25, -0.2) is 0 Å². The van der Waals surface area contributed by atoms with Gasteiger partial charge in [-0.2, -0.15) is 0 Å². The fraction of sp³-hybridized carbons (Fsp3) is 1.00. The molecule has 0 saturated carbocycles. The first kappa shape index (κ1) is 16.9. The normalized spacial score (nSPS) is 27.8. The monoisotopic (exact) mass is 272 g/mol. The standard InChI is InChI=1S/C16H32O3/c1-14(2,3)17-10-12-9-16(7,8)19-13(12)11-18-15(4,5)6/h12-13H,9-11H2,1-8H3/t12-,13-/m1/s1. The van der Waals surface area contributed by atoms with Crippen molar-refractivity contribution in [2.75, 3.05) is 13.2 Å². The van der Waals surface area contributed by atoms with Gasteiger partial charge in [0.15, 0.2) is 0 Å². The smallest absolute Gasteiger partial charge is 0.0867 e. The van der Waals surface area contributed by atoms with E-state index >= 15 is 0 Å². The average Bonchev–Trinajstić information content (AvgIpc) is 2.45. The predicted molar refractivity (Wildman–Crippen MR) is 78.5 cm³/mol. The third kappa shape index (κ3) is 6.73. The lowest BCUT2D eigenvalue weighted by Gasteiger charge is -2.27. The van der Waals surface area contributed by atoms with Crippen LogP contribution in [-0.4, -0.2) is 36.1 Å². The fourth-order valence-electron chi connectivity index (χ4n) is 2.34. The highest BCUT2D eigenvalue weighted by molar-refractivity contribution is 4.89. The van der Waals surface area contributed by atoms with Gasteiger partial charge in [0.25, 0.3) is 0 Å². The second-order valence-corrected chi connectivity index (χ2v) is 8.23. The summed E-state index contributed by atoms with van der Waals surface area (Å²) in [6, 6.07) is 0. The van der Waals surface area contributed by atoms with Crippen LogP contribution >= 0.6 is 0 Å². The Morgan fingerprint density at radius 1 is 0.947 bits per heavy atom. The largest absolute Gasteiger partial charge is 0.375 e. The van der Waals surface area contributed by atoms with Crippen LogP contribution in [0, 0.1) is 5.92 Å². The number of rotatable bonds is 4. The van der Waals surface area contributed by atoms with Gasteiger partial charge in [0.1, 0.15) is 0 Å². The highest BCUT2D eigenvalue weighted by Crippen LogP contribution is 2.36. The molecule has 0 unspecified atom stereocenters. The highest BCUT2D eigenvalue weighted by Gasteiger charge is 2.41. The predicted octanol–water partition coefficient (Wildman–Crippen LogP) is 3.80. The summed E-state index contributed by atoms with van der Waals surface area (Å²) in [6.45, 7) is 18.2. The van der Waals surface area contributed by atoms with Gasteiger partial charge in [0, 0.05) is 5.92 Å². The van der Waals surface area contributed by atoms with Crippen LogP contribution in [-0.2, 0) is 14.2 Å². The van der Waals surface area contributed by atoms with Crippen LogP contribution in [0.5, 0.6) is 0 Å². The summed E-state index contributed by atoms with van der Waals surface area (Å²) in [7, 11) is 0. The van der Waals surface area contributed by atoms with E-state index in [0.29, 0.717) is 12.5 Å². The minimum Gasteiger partial charge on any atom is -0.375 e. The Bertz CT molecular complexity index is 255.